The zero-order valence-electron chi connectivity index (χ0n) is 8.85. The molecule has 0 fully saturated rings. The topological polar surface area (TPSA) is 12.0 Å². The third-order valence-corrected chi connectivity index (χ3v) is 2.60. The maximum Gasteiger partial charge on any atom is 0.0211 e. The van der Waals surface area contributed by atoms with Crippen LogP contribution in [0.3, 0.4) is 0 Å². The van der Waals surface area contributed by atoms with Crippen LogP contribution in [0.5, 0.6) is 0 Å². The molecule has 0 aromatic rings. The van der Waals surface area contributed by atoms with Gasteiger partial charge in [0.25, 0.3) is 0 Å². The average Bonchev–Trinajstić information content (AvgIpc) is 2.51. The highest BCUT2D eigenvalue weighted by Crippen LogP contribution is 2.17. The van der Waals surface area contributed by atoms with Crippen LogP contribution in [0.15, 0.2) is 35.5 Å². The molecule has 0 aromatic heterocycles. The van der Waals surface area contributed by atoms with Gasteiger partial charge >= 0.3 is 0 Å². The van der Waals surface area contributed by atoms with Gasteiger partial charge in [0.1, 0.15) is 0 Å². The summed E-state index contributed by atoms with van der Waals surface area (Å²) in [5, 5.41) is 3.33. The SMILES string of the molecule is C=CC1=C(/C=C(\C)C(C)C)CNC1. The molecule has 0 aromatic carbocycles. The number of nitrogens with one attached hydrogen (secondary N) is 1. The number of hydrogen-bond acceptors (Lipinski definition) is 1. The summed E-state index contributed by atoms with van der Waals surface area (Å²) in [7, 11) is 0. The van der Waals surface area contributed by atoms with Crippen LogP contribution in [0.1, 0.15) is 20.8 Å². The summed E-state index contributed by atoms with van der Waals surface area (Å²) in [4.78, 5) is 0. The fourth-order valence-corrected chi connectivity index (χ4v) is 1.35. The first kappa shape index (κ1) is 10.3. The van der Waals surface area contributed by atoms with Gasteiger partial charge in [0.15, 0.2) is 0 Å². The molecule has 0 aliphatic carbocycles. The molecule has 0 unspecified atom stereocenters. The highest BCUT2D eigenvalue weighted by Gasteiger charge is 2.09. The predicted molar refractivity (Wildman–Crippen MR) is 58.7 cm³/mol. The fraction of sp³-hybridized carbons (Fsp3) is 0.500. The van der Waals surface area contributed by atoms with E-state index in [-0.39, 0.29) is 0 Å². The second kappa shape index (κ2) is 4.43. The Morgan fingerprint density at radius 1 is 1.38 bits per heavy atom. The molecule has 0 saturated carbocycles. The molecule has 0 bridgehead atoms. The maximum absolute atomic E-state index is 3.82. The van der Waals surface area contributed by atoms with Crippen molar-refractivity contribution in [1.29, 1.82) is 0 Å². The van der Waals surface area contributed by atoms with Crippen molar-refractivity contribution < 1.29 is 0 Å². The normalized spacial score (nSPS) is 18.6. The van der Waals surface area contributed by atoms with Gasteiger partial charge in [-0.1, -0.05) is 38.2 Å². The van der Waals surface area contributed by atoms with Gasteiger partial charge in [-0.3, -0.25) is 0 Å². The van der Waals surface area contributed by atoms with Crippen LogP contribution in [0.25, 0.3) is 0 Å². The quantitative estimate of drug-likeness (QED) is 0.699. The summed E-state index contributed by atoms with van der Waals surface area (Å²) in [6.45, 7) is 12.4. The molecule has 1 rings (SSSR count). The Bertz CT molecular complexity index is 256. The van der Waals surface area contributed by atoms with E-state index in [4.69, 9.17) is 0 Å². The Hall–Kier alpha value is -0.820. The zero-order chi connectivity index (χ0) is 9.84. The van der Waals surface area contributed by atoms with Crippen molar-refractivity contribution in [2.24, 2.45) is 5.92 Å². The molecule has 1 nitrogen and oxygen atoms in total. The highest BCUT2D eigenvalue weighted by atomic mass is 14.9. The monoisotopic (exact) mass is 177 g/mol. The lowest BCUT2D eigenvalue weighted by Crippen LogP contribution is -2.08. The van der Waals surface area contributed by atoms with Crippen molar-refractivity contribution in [1.82, 2.24) is 5.32 Å². The molecule has 13 heavy (non-hydrogen) atoms. The summed E-state index contributed by atoms with van der Waals surface area (Å²) in [6.07, 6.45) is 4.25. The average molecular weight is 177 g/mol. The lowest BCUT2D eigenvalue weighted by molar-refractivity contribution is 0.766. The van der Waals surface area contributed by atoms with Crippen LogP contribution < -0.4 is 5.32 Å². The Balaban J connectivity index is 2.83. The van der Waals surface area contributed by atoms with Crippen LogP contribution >= 0.6 is 0 Å². The summed E-state index contributed by atoms with van der Waals surface area (Å²) in [5.41, 5.74) is 4.19. The molecule has 0 radical (unpaired) electrons. The zero-order valence-corrected chi connectivity index (χ0v) is 8.85. The Morgan fingerprint density at radius 3 is 2.54 bits per heavy atom. The highest BCUT2D eigenvalue weighted by molar-refractivity contribution is 5.39. The van der Waals surface area contributed by atoms with Crippen LogP contribution in [-0.2, 0) is 0 Å². The van der Waals surface area contributed by atoms with E-state index in [1.54, 1.807) is 0 Å². The third-order valence-electron chi connectivity index (χ3n) is 2.60. The van der Waals surface area contributed by atoms with Crippen molar-refractivity contribution in [3.05, 3.63) is 35.5 Å². The van der Waals surface area contributed by atoms with E-state index < -0.39 is 0 Å². The minimum atomic E-state index is 0.638. The van der Waals surface area contributed by atoms with Crippen molar-refractivity contribution >= 4 is 0 Å². The lowest BCUT2D eigenvalue weighted by atomic mass is 10.0. The molecular formula is C12H19N. The maximum atomic E-state index is 3.82. The number of allylic oxidation sites excluding steroid dienone is 1. The van der Waals surface area contributed by atoms with Crippen molar-refractivity contribution in [2.45, 2.75) is 20.8 Å². The van der Waals surface area contributed by atoms with Gasteiger partial charge in [-0.25, -0.2) is 0 Å². The standard InChI is InChI=1S/C12H19N/c1-5-11-7-13-8-12(11)6-10(4)9(2)3/h5-6,9,13H,1,7-8H2,2-4H3/b10-6+. The van der Waals surface area contributed by atoms with Crippen LogP contribution in [0.4, 0.5) is 0 Å². The van der Waals surface area contributed by atoms with Gasteiger partial charge in [-0.15, -0.1) is 0 Å². The van der Waals surface area contributed by atoms with Gasteiger partial charge in [-0.2, -0.15) is 0 Å². The summed E-state index contributed by atoms with van der Waals surface area (Å²) in [6, 6.07) is 0. The van der Waals surface area contributed by atoms with Crippen molar-refractivity contribution in [3.8, 4) is 0 Å². The van der Waals surface area contributed by atoms with Gasteiger partial charge in [0.05, 0.1) is 0 Å². The van der Waals surface area contributed by atoms with Crippen molar-refractivity contribution in [3.63, 3.8) is 0 Å². The summed E-state index contributed by atoms with van der Waals surface area (Å²) in [5.74, 6) is 0.638. The van der Waals surface area contributed by atoms with Gasteiger partial charge in [-0.05, 0) is 24.0 Å². The molecule has 1 aliphatic heterocycles. The minimum Gasteiger partial charge on any atom is -0.309 e. The van der Waals surface area contributed by atoms with E-state index in [2.05, 4.69) is 38.7 Å². The van der Waals surface area contributed by atoms with Gasteiger partial charge in [0.2, 0.25) is 0 Å². The van der Waals surface area contributed by atoms with Crippen LogP contribution in [0, 0.1) is 5.92 Å². The molecule has 72 valence electrons. The van der Waals surface area contributed by atoms with Crippen LogP contribution in [-0.4, -0.2) is 13.1 Å². The van der Waals surface area contributed by atoms with Gasteiger partial charge < -0.3 is 5.32 Å². The van der Waals surface area contributed by atoms with Gasteiger partial charge in [0, 0.05) is 13.1 Å². The minimum absolute atomic E-state index is 0.638. The molecule has 1 heteroatoms. The first-order valence-corrected chi connectivity index (χ1v) is 4.88. The third kappa shape index (κ3) is 2.56. The predicted octanol–water partition coefficient (Wildman–Crippen LogP) is 2.67. The molecule has 0 saturated heterocycles. The first-order valence-electron chi connectivity index (χ1n) is 4.88. The summed E-state index contributed by atoms with van der Waals surface area (Å²) >= 11 is 0. The first-order chi connectivity index (χ1) is 6.15. The molecule has 0 atom stereocenters. The molecule has 1 N–H and O–H groups in total. The summed E-state index contributed by atoms with van der Waals surface area (Å²) < 4.78 is 0. The number of hydrogen-bond donors (Lipinski definition) is 1. The molecule has 0 amide bonds. The van der Waals surface area contributed by atoms with E-state index in [0.717, 1.165) is 13.1 Å². The second-order valence-corrected chi connectivity index (χ2v) is 3.90. The molecule has 0 spiro atoms. The Morgan fingerprint density at radius 2 is 2.00 bits per heavy atom. The lowest BCUT2D eigenvalue weighted by Gasteiger charge is -2.05. The molecule has 1 aliphatic rings. The molecular weight excluding hydrogens is 158 g/mol. The van der Waals surface area contributed by atoms with E-state index in [0.29, 0.717) is 5.92 Å². The van der Waals surface area contributed by atoms with E-state index in [1.165, 1.54) is 16.7 Å². The van der Waals surface area contributed by atoms with E-state index >= 15 is 0 Å². The second-order valence-electron chi connectivity index (χ2n) is 3.90. The molecule has 1 heterocycles. The van der Waals surface area contributed by atoms with E-state index in [9.17, 15) is 0 Å². The Kier molecular flexibility index (Phi) is 3.49. The Labute approximate surface area is 81.2 Å². The van der Waals surface area contributed by atoms with Crippen LogP contribution in [0.2, 0.25) is 0 Å². The van der Waals surface area contributed by atoms with E-state index in [1.807, 2.05) is 6.08 Å². The smallest absolute Gasteiger partial charge is 0.0211 e. The van der Waals surface area contributed by atoms with Crippen molar-refractivity contribution in [2.75, 3.05) is 13.1 Å². The number of rotatable bonds is 3. The largest absolute Gasteiger partial charge is 0.309 e. The fourth-order valence-electron chi connectivity index (χ4n) is 1.35.